The fourth-order valence-electron chi connectivity index (χ4n) is 5.75. The van der Waals surface area contributed by atoms with Gasteiger partial charge in [0.2, 0.25) is 5.95 Å². The standard InChI is InChI=1S/C33H48F3N3O2/c1-2-3-19-40-20-11-12-21-41-28-23-37-32(38-24-28)29-22-26-17-18-27(33(35,36)30(26)31(34)39-29)14-10-8-6-4-5-7-9-13-25-15-16-25/h22-25,27H,2-21H2,1H3. The third-order valence-electron chi connectivity index (χ3n) is 8.48. The number of alkyl halides is 2. The first kappa shape index (κ1) is 31.7. The minimum Gasteiger partial charge on any atom is -0.490 e. The van der Waals surface area contributed by atoms with E-state index in [-0.39, 0.29) is 11.5 Å². The van der Waals surface area contributed by atoms with E-state index in [4.69, 9.17) is 9.47 Å². The van der Waals surface area contributed by atoms with E-state index in [1.807, 2.05) is 0 Å². The highest BCUT2D eigenvalue weighted by molar-refractivity contribution is 5.53. The number of nitrogens with zero attached hydrogens (tertiary/aromatic N) is 3. The van der Waals surface area contributed by atoms with Crippen molar-refractivity contribution in [2.75, 3.05) is 19.8 Å². The van der Waals surface area contributed by atoms with Gasteiger partial charge in [-0.15, -0.1) is 0 Å². The minimum absolute atomic E-state index is 0.170. The van der Waals surface area contributed by atoms with E-state index < -0.39 is 23.4 Å². The van der Waals surface area contributed by atoms with Crippen LogP contribution in [0, 0.1) is 17.8 Å². The normalized spacial score (nSPS) is 17.9. The van der Waals surface area contributed by atoms with E-state index in [0.29, 0.717) is 43.8 Å². The third-order valence-corrected chi connectivity index (χ3v) is 8.48. The molecule has 4 rings (SSSR count). The lowest BCUT2D eigenvalue weighted by molar-refractivity contribution is -0.0824. The molecule has 2 aliphatic rings. The molecule has 8 heteroatoms. The monoisotopic (exact) mass is 575 g/mol. The Kier molecular flexibility index (Phi) is 12.7. The summed E-state index contributed by atoms with van der Waals surface area (Å²) in [4.78, 5) is 12.4. The number of rotatable bonds is 20. The molecule has 0 N–H and O–H groups in total. The first-order valence-electron chi connectivity index (χ1n) is 16.1. The fourth-order valence-corrected chi connectivity index (χ4v) is 5.75. The van der Waals surface area contributed by atoms with Gasteiger partial charge in [-0.2, -0.15) is 4.39 Å². The molecule has 5 nitrogen and oxygen atoms in total. The first-order chi connectivity index (χ1) is 20.0. The fraction of sp³-hybridized carbons (Fsp3) is 0.727. The van der Waals surface area contributed by atoms with Crippen LogP contribution >= 0.6 is 0 Å². The molecule has 1 saturated carbocycles. The third kappa shape index (κ3) is 9.93. The van der Waals surface area contributed by atoms with E-state index in [1.165, 1.54) is 63.4 Å². The zero-order valence-electron chi connectivity index (χ0n) is 24.8. The van der Waals surface area contributed by atoms with Crippen molar-refractivity contribution in [3.63, 3.8) is 0 Å². The number of ether oxygens (including phenoxy) is 2. The molecule has 228 valence electrons. The van der Waals surface area contributed by atoms with Crippen molar-refractivity contribution in [3.05, 3.63) is 35.5 Å². The molecule has 2 aromatic heterocycles. The summed E-state index contributed by atoms with van der Waals surface area (Å²) < 4.78 is 57.1. The molecule has 0 aliphatic heterocycles. The zero-order valence-corrected chi connectivity index (χ0v) is 24.8. The minimum atomic E-state index is -3.22. The van der Waals surface area contributed by atoms with Crippen LogP contribution in [-0.4, -0.2) is 34.8 Å². The summed E-state index contributed by atoms with van der Waals surface area (Å²) in [5, 5.41) is 0. The summed E-state index contributed by atoms with van der Waals surface area (Å²) in [5.41, 5.74) is -0.0553. The number of aryl methyl sites for hydroxylation is 1. The number of pyridine rings is 1. The van der Waals surface area contributed by atoms with Crippen LogP contribution in [0.25, 0.3) is 11.5 Å². The predicted octanol–water partition coefficient (Wildman–Crippen LogP) is 9.23. The second kappa shape index (κ2) is 16.4. The molecule has 0 aromatic carbocycles. The van der Waals surface area contributed by atoms with Gasteiger partial charge >= 0.3 is 0 Å². The Morgan fingerprint density at radius 2 is 1.49 bits per heavy atom. The van der Waals surface area contributed by atoms with Crippen molar-refractivity contribution in [3.8, 4) is 17.3 Å². The summed E-state index contributed by atoms with van der Waals surface area (Å²) >= 11 is 0. The number of hydrogen-bond donors (Lipinski definition) is 0. The highest BCUT2D eigenvalue weighted by atomic mass is 19.3. The van der Waals surface area contributed by atoms with Crippen LogP contribution in [0.2, 0.25) is 0 Å². The van der Waals surface area contributed by atoms with Gasteiger partial charge in [0.25, 0.3) is 5.92 Å². The maximum absolute atomic E-state index is 15.4. The highest BCUT2D eigenvalue weighted by Gasteiger charge is 2.47. The van der Waals surface area contributed by atoms with Crippen molar-refractivity contribution >= 4 is 0 Å². The summed E-state index contributed by atoms with van der Waals surface area (Å²) in [6.45, 7) is 4.16. The van der Waals surface area contributed by atoms with Crippen molar-refractivity contribution in [1.29, 1.82) is 0 Å². The molecule has 2 aromatic rings. The van der Waals surface area contributed by atoms with Gasteiger partial charge in [0, 0.05) is 19.1 Å². The average Bonchev–Trinajstić information content (AvgIpc) is 3.79. The topological polar surface area (TPSA) is 57.1 Å². The molecule has 0 radical (unpaired) electrons. The smallest absolute Gasteiger partial charge is 0.280 e. The summed E-state index contributed by atoms with van der Waals surface area (Å²) in [6, 6.07) is 1.53. The molecule has 0 bridgehead atoms. The lowest BCUT2D eigenvalue weighted by Gasteiger charge is -2.33. The van der Waals surface area contributed by atoms with Gasteiger partial charge in [-0.05, 0) is 56.1 Å². The van der Waals surface area contributed by atoms with Gasteiger partial charge in [-0.3, -0.25) is 0 Å². The molecular weight excluding hydrogens is 527 g/mol. The van der Waals surface area contributed by atoms with Gasteiger partial charge in [-0.1, -0.05) is 77.6 Å². The Morgan fingerprint density at radius 1 is 0.829 bits per heavy atom. The van der Waals surface area contributed by atoms with Crippen molar-refractivity contribution in [2.24, 2.45) is 11.8 Å². The van der Waals surface area contributed by atoms with E-state index in [2.05, 4.69) is 21.9 Å². The van der Waals surface area contributed by atoms with Crippen LogP contribution in [0.1, 0.15) is 121 Å². The number of aromatic nitrogens is 3. The molecule has 1 fully saturated rings. The number of fused-ring (bicyclic) bond motifs is 1. The van der Waals surface area contributed by atoms with E-state index >= 15 is 13.2 Å². The van der Waals surface area contributed by atoms with Crippen LogP contribution in [0.4, 0.5) is 13.2 Å². The van der Waals surface area contributed by atoms with E-state index in [9.17, 15) is 0 Å². The van der Waals surface area contributed by atoms with Gasteiger partial charge < -0.3 is 9.47 Å². The molecule has 1 atom stereocenters. The first-order valence-corrected chi connectivity index (χ1v) is 16.1. The Morgan fingerprint density at radius 3 is 2.20 bits per heavy atom. The van der Waals surface area contributed by atoms with Crippen LogP contribution in [-0.2, 0) is 17.1 Å². The average molecular weight is 576 g/mol. The van der Waals surface area contributed by atoms with Crippen molar-refractivity contribution in [2.45, 2.75) is 122 Å². The molecule has 2 aliphatic carbocycles. The van der Waals surface area contributed by atoms with Gasteiger partial charge in [-0.25, -0.2) is 23.7 Å². The van der Waals surface area contributed by atoms with E-state index in [0.717, 1.165) is 57.5 Å². The molecule has 2 heterocycles. The van der Waals surface area contributed by atoms with Gasteiger partial charge in [0.15, 0.2) is 11.6 Å². The molecule has 1 unspecified atom stereocenters. The lowest BCUT2D eigenvalue weighted by Crippen LogP contribution is -2.33. The Hall–Kier alpha value is -2.22. The number of halogens is 3. The SMILES string of the molecule is CCCCOCCCCOc1cnc(-c2cc3c(c(F)n2)C(F)(F)C(CCCCCCCCCC2CC2)CC3)nc1. The van der Waals surface area contributed by atoms with Crippen molar-refractivity contribution < 1.29 is 22.6 Å². The highest BCUT2D eigenvalue weighted by Crippen LogP contribution is 2.47. The summed E-state index contributed by atoms with van der Waals surface area (Å²) in [7, 11) is 0. The Labute approximate surface area is 244 Å². The van der Waals surface area contributed by atoms with Crippen LogP contribution < -0.4 is 4.74 Å². The molecular formula is C33H48F3N3O2. The molecule has 41 heavy (non-hydrogen) atoms. The second-order valence-electron chi connectivity index (χ2n) is 12.0. The largest absolute Gasteiger partial charge is 0.490 e. The Bertz CT molecular complexity index is 1050. The zero-order chi connectivity index (χ0) is 28.9. The lowest BCUT2D eigenvalue weighted by atomic mass is 9.78. The maximum atomic E-state index is 15.4. The Balaban J connectivity index is 1.21. The number of unbranched alkanes of at least 4 members (excludes halogenated alkanes) is 8. The van der Waals surface area contributed by atoms with Gasteiger partial charge in [0.1, 0.15) is 5.69 Å². The summed E-state index contributed by atoms with van der Waals surface area (Å²) in [6.07, 6.45) is 20.3. The van der Waals surface area contributed by atoms with Crippen LogP contribution in [0.15, 0.2) is 18.5 Å². The quantitative estimate of drug-likeness (QED) is 0.116. The molecule has 0 spiro atoms. The molecule has 0 amide bonds. The van der Waals surface area contributed by atoms with E-state index in [1.54, 1.807) is 0 Å². The molecule has 0 saturated heterocycles. The second-order valence-corrected chi connectivity index (χ2v) is 12.0. The van der Waals surface area contributed by atoms with Crippen molar-refractivity contribution in [1.82, 2.24) is 15.0 Å². The van der Waals surface area contributed by atoms with Crippen LogP contribution in [0.5, 0.6) is 5.75 Å². The summed E-state index contributed by atoms with van der Waals surface area (Å²) in [5.74, 6) is -3.46. The van der Waals surface area contributed by atoms with Gasteiger partial charge in [0.05, 0.1) is 24.6 Å². The predicted molar refractivity (Wildman–Crippen MR) is 156 cm³/mol. The van der Waals surface area contributed by atoms with Crippen LogP contribution in [0.3, 0.4) is 0 Å². The number of hydrogen-bond acceptors (Lipinski definition) is 5. The maximum Gasteiger partial charge on any atom is 0.280 e.